The lowest BCUT2D eigenvalue weighted by Crippen LogP contribution is -2.20. The summed E-state index contributed by atoms with van der Waals surface area (Å²) in [7, 11) is 3.17. The predicted molar refractivity (Wildman–Crippen MR) is 109 cm³/mol. The molecular weight excluding hydrogens is 374 g/mol. The monoisotopic (exact) mass is 394 g/mol. The Kier molecular flexibility index (Phi) is 5.16. The van der Waals surface area contributed by atoms with E-state index >= 15 is 0 Å². The Morgan fingerprint density at radius 1 is 0.931 bits per heavy atom. The van der Waals surface area contributed by atoms with Crippen molar-refractivity contribution in [3.8, 4) is 11.5 Å². The smallest absolute Gasteiger partial charge is 0.148 e. The molecule has 0 saturated heterocycles. The molecule has 1 aliphatic rings. The Morgan fingerprint density at radius 3 is 2.38 bits per heavy atom. The van der Waals surface area contributed by atoms with Gasteiger partial charge >= 0.3 is 0 Å². The van der Waals surface area contributed by atoms with Gasteiger partial charge in [0, 0.05) is 18.1 Å². The number of benzene rings is 3. The molecule has 0 N–H and O–H groups in total. The molecule has 3 aromatic carbocycles. The van der Waals surface area contributed by atoms with Gasteiger partial charge in [-0.2, -0.15) is 5.10 Å². The number of anilines is 1. The number of halogens is 2. The first-order valence-corrected chi connectivity index (χ1v) is 9.20. The van der Waals surface area contributed by atoms with Crippen molar-refractivity contribution in [1.29, 1.82) is 0 Å². The van der Waals surface area contributed by atoms with Crippen molar-refractivity contribution in [2.24, 2.45) is 5.10 Å². The first-order valence-electron chi connectivity index (χ1n) is 9.20. The molecule has 0 radical (unpaired) electrons. The molecule has 0 aliphatic carbocycles. The first kappa shape index (κ1) is 18.9. The zero-order valence-corrected chi connectivity index (χ0v) is 16.1. The average Bonchev–Trinajstić information content (AvgIpc) is 3.19. The summed E-state index contributed by atoms with van der Waals surface area (Å²) in [6.45, 7) is 0. The van der Waals surface area contributed by atoms with Crippen molar-refractivity contribution in [2.75, 3.05) is 19.2 Å². The number of hydrazone groups is 1. The van der Waals surface area contributed by atoms with Gasteiger partial charge in [-0.1, -0.05) is 24.3 Å². The number of hydrogen-bond donors (Lipinski definition) is 0. The fraction of sp³-hybridized carbons (Fsp3) is 0.174. The summed E-state index contributed by atoms with van der Waals surface area (Å²) >= 11 is 0. The fourth-order valence-electron chi connectivity index (χ4n) is 3.52. The van der Waals surface area contributed by atoms with Crippen LogP contribution in [0.5, 0.6) is 11.5 Å². The van der Waals surface area contributed by atoms with E-state index in [1.54, 1.807) is 55.6 Å². The minimum absolute atomic E-state index is 0.284. The molecule has 0 fully saturated rings. The molecule has 29 heavy (non-hydrogen) atoms. The molecule has 4 rings (SSSR count). The third-order valence-electron chi connectivity index (χ3n) is 4.99. The van der Waals surface area contributed by atoms with E-state index in [0.29, 0.717) is 23.6 Å². The van der Waals surface area contributed by atoms with Crippen LogP contribution in [0.4, 0.5) is 14.5 Å². The minimum atomic E-state index is -0.367. The van der Waals surface area contributed by atoms with Gasteiger partial charge in [0.15, 0.2) is 0 Å². The summed E-state index contributed by atoms with van der Waals surface area (Å²) in [4.78, 5) is 0. The summed E-state index contributed by atoms with van der Waals surface area (Å²) in [6, 6.07) is 17.9. The van der Waals surface area contributed by atoms with Gasteiger partial charge < -0.3 is 9.47 Å². The summed E-state index contributed by atoms with van der Waals surface area (Å²) in [5.41, 5.74) is 2.77. The van der Waals surface area contributed by atoms with Gasteiger partial charge in [-0.05, 0) is 42.0 Å². The second-order valence-corrected chi connectivity index (χ2v) is 6.68. The van der Waals surface area contributed by atoms with E-state index < -0.39 is 0 Å². The third-order valence-corrected chi connectivity index (χ3v) is 4.99. The molecule has 0 aromatic heterocycles. The normalized spacial score (nSPS) is 15.9. The van der Waals surface area contributed by atoms with Gasteiger partial charge in [0.05, 0.1) is 31.7 Å². The molecule has 0 bridgehead atoms. The Labute approximate surface area is 168 Å². The van der Waals surface area contributed by atoms with Crippen LogP contribution in [-0.4, -0.2) is 19.9 Å². The zero-order valence-electron chi connectivity index (χ0n) is 16.1. The number of hydrogen-bond acceptors (Lipinski definition) is 4. The van der Waals surface area contributed by atoms with Crippen molar-refractivity contribution >= 4 is 11.4 Å². The van der Waals surface area contributed by atoms with Gasteiger partial charge in [-0.15, -0.1) is 0 Å². The molecule has 6 heteroatoms. The van der Waals surface area contributed by atoms with Crippen molar-refractivity contribution in [3.63, 3.8) is 0 Å². The highest BCUT2D eigenvalue weighted by molar-refractivity contribution is 6.03. The Hall–Kier alpha value is -3.41. The van der Waals surface area contributed by atoms with Crippen molar-refractivity contribution in [2.45, 2.75) is 12.5 Å². The van der Waals surface area contributed by atoms with Crippen LogP contribution in [-0.2, 0) is 0 Å². The number of ether oxygens (including phenoxy) is 2. The van der Waals surface area contributed by atoms with Crippen LogP contribution in [0.2, 0.25) is 0 Å². The molecular formula is C23H20F2N2O2. The summed E-state index contributed by atoms with van der Waals surface area (Å²) in [5.74, 6) is 0.618. The summed E-state index contributed by atoms with van der Waals surface area (Å²) < 4.78 is 38.8. The van der Waals surface area contributed by atoms with Crippen LogP contribution in [0.1, 0.15) is 23.6 Å². The van der Waals surface area contributed by atoms with Crippen molar-refractivity contribution in [1.82, 2.24) is 0 Å². The lowest BCUT2D eigenvalue weighted by molar-refractivity contribution is 0.388. The van der Waals surface area contributed by atoms with Crippen molar-refractivity contribution in [3.05, 3.63) is 89.5 Å². The van der Waals surface area contributed by atoms with Gasteiger partial charge in [0.25, 0.3) is 0 Å². The molecule has 0 amide bonds. The first-order chi connectivity index (χ1) is 14.1. The SMILES string of the molecule is COc1ccc(C2CC(c3ccc(F)cc3)=NN2c2ccccc2F)c(OC)c1. The average molecular weight is 394 g/mol. The second-order valence-electron chi connectivity index (χ2n) is 6.68. The zero-order chi connectivity index (χ0) is 20.4. The van der Waals surface area contributed by atoms with Gasteiger partial charge in [0.2, 0.25) is 0 Å². The van der Waals surface area contributed by atoms with E-state index in [-0.39, 0.29) is 17.7 Å². The maximum atomic E-state index is 14.6. The van der Waals surface area contributed by atoms with E-state index in [1.165, 1.54) is 18.2 Å². The van der Waals surface area contributed by atoms with E-state index in [1.807, 2.05) is 12.1 Å². The summed E-state index contributed by atoms with van der Waals surface area (Å²) in [5, 5.41) is 6.36. The van der Waals surface area contributed by atoms with Gasteiger partial charge in [0.1, 0.15) is 23.1 Å². The predicted octanol–water partition coefficient (Wildman–Crippen LogP) is 5.34. The molecule has 1 heterocycles. The number of nitrogens with zero attached hydrogens (tertiary/aromatic N) is 2. The molecule has 148 valence electrons. The molecule has 1 atom stereocenters. The molecule has 4 nitrogen and oxygen atoms in total. The third kappa shape index (κ3) is 3.66. The van der Waals surface area contributed by atoms with Gasteiger partial charge in [-0.25, -0.2) is 8.78 Å². The standard InChI is InChI=1S/C23H20F2N2O2/c1-28-17-11-12-18(23(13-17)29-2)22-14-20(15-7-9-16(24)10-8-15)26-27(22)21-6-4-3-5-19(21)25/h3-13,22H,14H2,1-2H3. The molecule has 1 unspecified atom stereocenters. The van der Waals surface area contributed by atoms with Crippen molar-refractivity contribution < 1.29 is 18.3 Å². The van der Waals surface area contributed by atoms with E-state index in [2.05, 4.69) is 0 Å². The van der Waals surface area contributed by atoms with Crippen LogP contribution in [0.3, 0.4) is 0 Å². The highest BCUT2D eigenvalue weighted by Gasteiger charge is 2.33. The van der Waals surface area contributed by atoms with Gasteiger partial charge in [-0.3, -0.25) is 5.01 Å². The summed E-state index contributed by atoms with van der Waals surface area (Å²) in [6.07, 6.45) is 0.517. The Morgan fingerprint density at radius 2 is 1.69 bits per heavy atom. The Bertz CT molecular complexity index is 1050. The molecule has 0 spiro atoms. The highest BCUT2D eigenvalue weighted by Crippen LogP contribution is 2.42. The van der Waals surface area contributed by atoms with E-state index in [9.17, 15) is 8.78 Å². The van der Waals surface area contributed by atoms with E-state index in [0.717, 1.165) is 16.8 Å². The lowest BCUT2D eigenvalue weighted by Gasteiger charge is -2.25. The quantitative estimate of drug-likeness (QED) is 0.586. The lowest BCUT2D eigenvalue weighted by atomic mass is 9.97. The van der Waals surface area contributed by atoms with Crippen LogP contribution >= 0.6 is 0 Å². The van der Waals surface area contributed by atoms with Crippen LogP contribution in [0.15, 0.2) is 71.8 Å². The second kappa shape index (κ2) is 7.91. The fourth-order valence-corrected chi connectivity index (χ4v) is 3.52. The Balaban J connectivity index is 1.80. The maximum Gasteiger partial charge on any atom is 0.148 e. The minimum Gasteiger partial charge on any atom is -0.497 e. The van der Waals surface area contributed by atoms with Crippen LogP contribution in [0.25, 0.3) is 0 Å². The number of methoxy groups -OCH3 is 2. The maximum absolute atomic E-state index is 14.6. The molecule has 3 aromatic rings. The van der Waals surface area contributed by atoms with Crippen LogP contribution < -0.4 is 14.5 Å². The van der Waals surface area contributed by atoms with Crippen LogP contribution in [0, 0.1) is 11.6 Å². The highest BCUT2D eigenvalue weighted by atomic mass is 19.1. The molecule has 1 aliphatic heterocycles. The largest absolute Gasteiger partial charge is 0.497 e. The number of rotatable bonds is 5. The topological polar surface area (TPSA) is 34.1 Å². The van der Waals surface area contributed by atoms with E-state index in [4.69, 9.17) is 14.6 Å². The molecule has 0 saturated carbocycles. The number of para-hydroxylation sites is 1.